The number of rotatable bonds is 3. The molecule has 2 radical (unpaired) electrons. The minimum atomic E-state index is -0.0156. The third kappa shape index (κ3) is 3.62. The van der Waals surface area contributed by atoms with Crippen LogP contribution in [0.25, 0.3) is 55.3 Å². The van der Waals surface area contributed by atoms with E-state index in [4.69, 9.17) is 12.3 Å². The van der Waals surface area contributed by atoms with Gasteiger partial charge in [-0.3, -0.25) is 4.79 Å². The molecule has 0 saturated heterocycles. The Labute approximate surface area is 198 Å². The lowest BCUT2D eigenvalue weighted by Crippen LogP contribution is -2.03. The van der Waals surface area contributed by atoms with Gasteiger partial charge in [0.05, 0.1) is 10.8 Å². The lowest BCUT2D eigenvalue weighted by atomic mass is 9.87. The molecule has 158 valence electrons. The Balaban J connectivity index is 1.46. The van der Waals surface area contributed by atoms with Gasteiger partial charge in [0.1, 0.15) is 19.0 Å². The summed E-state index contributed by atoms with van der Waals surface area (Å²) < 4.78 is 5.97. The highest BCUT2D eigenvalue weighted by molar-refractivity contribution is 6.33. The Morgan fingerprint density at radius 2 is 1.06 bits per heavy atom. The zero-order chi connectivity index (χ0) is 23.1. The molecule has 3 heteroatoms. The molecule has 0 amide bonds. The summed E-state index contributed by atoms with van der Waals surface area (Å²) in [5.74, 6) is 0. The van der Waals surface area contributed by atoms with Crippen LogP contribution >= 0.6 is 0 Å². The maximum Gasteiger partial charge on any atom is 0.200 e. The third-order valence-corrected chi connectivity index (χ3v) is 6.17. The van der Waals surface area contributed by atoms with Crippen LogP contribution in [0.1, 0.15) is 0 Å². The molecule has 2 nitrogen and oxygen atoms in total. The molecule has 6 aromatic rings. The second-order valence-electron chi connectivity index (χ2n) is 8.43. The second kappa shape index (κ2) is 8.20. The predicted octanol–water partition coefficient (Wildman–Crippen LogP) is 6.74. The van der Waals surface area contributed by atoms with Crippen molar-refractivity contribution in [3.63, 3.8) is 0 Å². The van der Waals surface area contributed by atoms with Gasteiger partial charge in [0, 0.05) is 0 Å². The van der Waals surface area contributed by atoms with Crippen molar-refractivity contribution in [1.82, 2.24) is 0 Å². The molecule has 0 atom stereocenters. The summed E-state index contributed by atoms with van der Waals surface area (Å²) in [4.78, 5) is 13.1. The second-order valence-corrected chi connectivity index (χ2v) is 8.43. The maximum atomic E-state index is 13.1. The van der Waals surface area contributed by atoms with Crippen LogP contribution in [0.15, 0.2) is 124 Å². The van der Waals surface area contributed by atoms with Gasteiger partial charge in [-0.1, -0.05) is 84.3 Å². The van der Waals surface area contributed by atoms with Crippen molar-refractivity contribution >= 4 is 35.2 Å². The first-order chi connectivity index (χ1) is 16.7. The topological polar surface area (TPSA) is 30.2 Å². The number of hydrogen-bond donors (Lipinski definition) is 0. The van der Waals surface area contributed by atoms with Crippen LogP contribution in [0.4, 0.5) is 0 Å². The summed E-state index contributed by atoms with van der Waals surface area (Å²) in [7, 11) is 6.26. The highest BCUT2D eigenvalue weighted by Crippen LogP contribution is 2.30. The van der Waals surface area contributed by atoms with Gasteiger partial charge in [0.2, 0.25) is 5.43 Å². The molecule has 34 heavy (non-hydrogen) atoms. The Hall–Kier alpha value is -4.37. The molecule has 0 aliphatic heterocycles. The normalized spacial score (nSPS) is 11.2. The summed E-state index contributed by atoms with van der Waals surface area (Å²) in [6, 6.07) is 37.8. The van der Waals surface area contributed by atoms with Crippen molar-refractivity contribution in [3.05, 3.63) is 125 Å². The van der Waals surface area contributed by atoms with Gasteiger partial charge < -0.3 is 4.42 Å². The van der Waals surface area contributed by atoms with Gasteiger partial charge in [-0.2, -0.15) is 0 Å². The van der Waals surface area contributed by atoms with Crippen molar-refractivity contribution < 1.29 is 4.42 Å². The fourth-order valence-corrected chi connectivity index (χ4v) is 4.48. The largest absolute Gasteiger partial charge is 0.456 e. The summed E-state index contributed by atoms with van der Waals surface area (Å²) in [5, 5.41) is 1.17. The van der Waals surface area contributed by atoms with E-state index in [2.05, 4.69) is 36.4 Å². The Kier molecular flexibility index (Phi) is 4.89. The van der Waals surface area contributed by atoms with Crippen molar-refractivity contribution in [1.29, 1.82) is 0 Å². The van der Waals surface area contributed by atoms with Gasteiger partial charge >= 0.3 is 0 Å². The molecule has 0 aliphatic carbocycles. The molecular formula is C31H19BO2. The first-order valence-corrected chi connectivity index (χ1v) is 11.2. The number of para-hydroxylation sites is 1. The van der Waals surface area contributed by atoms with Crippen molar-refractivity contribution in [2.24, 2.45) is 0 Å². The first-order valence-electron chi connectivity index (χ1n) is 11.2. The van der Waals surface area contributed by atoms with Crippen LogP contribution < -0.4 is 10.9 Å². The van der Waals surface area contributed by atoms with E-state index in [1.807, 2.05) is 72.8 Å². The minimum Gasteiger partial charge on any atom is -0.456 e. The molecule has 1 aromatic heterocycles. The summed E-state index contributed by atoms with van der Waals surface area (Å²) in [6.45, 7) is 0. The van der Waals surface area contributed by atoms with E-state index in [-0.39, 0.29) is 5.43 Å². The van der Waals surface area contributed by atoms with E-state index in [0.717, 1.165) is 38.8 Å². The average molecular weight is 434 g/mol. The van der Waals surface area contributed by atoms with Gasteiger partial charge in [-0.25, -0.2) is 0 Å². The molecule has 1 heterocycles. The summed E-state index contributed by atoms with van der Waals surface area (Å²) in [5.41, 5.74) is 8.20. The molecule has 0 spiro atoms. The van der Waals surface area contributed by atoms with E-state index >= 15 is 0 Å². The first kappa shape index (κ1) is 20.3. The zero-order valence-corrected chi connectivity index (χ0v) is 18.4. The number of fused-ring (bicyclic) bond motifs is 2. The van der Waals surface area contributed by atoms with Gasteiger partial charge in [0.25, 0.3) is 0 Å². The van der Waals surface area contributed by atoms with E-state index in [9.17, 15) is 4.79 Å². The zero-order valence-electron chi connectivity index (χ0n) is 18.4. The van der Waals surface area contributed by atoms with Crippen LogP contribution in [0, 0.1) is 0 Å². The fraction of sp³-hybridized carbons (Fsp3) is 0. The summed E-state index contributed by atoms with van der Waals surface area (Å²) >= 11 is 0. The van der Waals surface area contributed by atoms with Crippen LogP contribution in [0.5, 0.6) is 0 Å². The Bertz CT molecular complexity index is 1730. The molecule has 0 fully saturated rings. The molecule has 0 N–H and O–H groups in total. The predicted molar refractivity (Wildman–Crippen MR) is 142 cm³/mol. The lowest BCUT2D eigenvalue weighted by molar-refractivity contribution is 0.660. The highest BCUT2D eigenvalue weighted by atomic mass is 16.3. The minimum absolute atomic E-state index is 0.0156. The standard InChI is InChI=1S/C31H19BO2/c32-26-17-24(20-7-2-1-3-8-20)16-25(18-26)22-10-6-9-21(15-22)23-13-14-30-28(19-23)31(33)27-11-4-5-12-29(27)34-30/h1-19H. The van der Waals surface area contributed by atoms with Gasteiger partial charge in [0.15, 0.2) is 0 Å². The number of hydrogen-bond acceptors (Lipinski definition) is 2. The molecule has 0 saturated carbocycles. The van der Waals surface area contributed by atoms with E-state index < -0.39 is 0 Å². The van der Waals surface area contributed by atoms with Crippen molar-refractivity contribution in [3.8, 4) is 33.4 Å². The van der Waals surface area contributed by atoms with Gasteiger partial charge in [-0.05, 0) is 69.8 Å². The van der Waals surface area contributed by atoms with Crippen LogP contribution in [0.2, 0.25) is 0 Å². The van der Waals surface area contributed by atoms with Gasteiger partial charge in [-0.15, -0.1) is 0 Å². The fourth-order valence-electron chi connectivity index (χ4n) is 4.48. The molecule has 5 aromatic carbocycles. The van der Waals surface area contributed by atoms with Crippen LogP contribution in [-0.4, -0.2) is 7.85 Å². The third-order valence-electron chi connectivity index (χ3n) is 6.17. The molecule has 6 rings (SSSR count). The van der Waals surface area contributed by atoms with Crippen molar-refractivity contribution in [2.45, 2.75) is 0 Å². The smallest absolute Gasteiger partial charge is 0.200 e. The van der Waals surface area contributed by atoms with E-state index in [1.54, 1.807) is 6.07 Å². The highest BCUT2D eigenvalue weighted by Gasteiger charge is 2.10. The Morgan fingerprint density at radius 3 is 1.88 bits per heavy atom. The SMILES string of the molecule is [B]c1cc(-c2ccccc2)cc(-c2cccc(-c3ccc4oc5ccccc5c(=O)c4c3)c2)c1. The monoisotopic (exact) mass is 434 g/mol. The molecule has 0 unspecified atom stereocenters. The summed E-state index contributed by atoms with van der Waals surface area (Å²) in [6.07, 6.45) is 0. The maximum absolute atomic E-state index is 13.1. The van der Waals surface area contributed by atoms with Crippen LogP contribution in [-0.2, 0) is 0 Å². The van der Waals surface area contributed by atoms with E-state index in [0.29, 0.717) is 21.9 Å². The molecule has 0 bridgehead atoms. The lowest BCUT2D eigenvalue weighted by Gasteiger charge is -2.11. The molecule has 0 aliphatic rings. The molecular weight excluding hydrogens is 415 g/mol. The quantitative estimate of drug-likeness (QED) is 0.228. The van der Waals surface area contributed by atoms with E-state index in [1.165, 1.54) is 0 Å². The van der Waals surface area contributed by atoms with Crippen molar-refractivity contribution in [2.75, 3.05) is 0 Å². The number of benzene rings is 5. The Morgan fingerprint density at radius 1 is 0.471 bits per heavy atom. The average Bonchev–Trinajstić information content (AvgIpc) is 2.89. The van der Waals surface area contributed by atoms with Crippen LogP contribution in [0.3, 0.4) is 0 Å².